The molecule has 0 radical (unpaired) electrons. The first-order chi connectivity index (χ1) is 9.25. The number of furan rings is 1. The summed E-state index contributed by atoms with van der Waals surface area (Å²) in [6.45, 7) is 0. The lowest BCUT2D eigenvalue weighted by Crippen LogP contribution is -2.41. The number of hydrogen-bond acceptors (Lipinski definition) is 3. The second-order valence-electron chi connectivity index (χ2n) is 5.02. The van der Waals surface area contributed by atoms with Gasteiger partial charge in [-0.2, -0.15) is 0 Å². The monoisotopic (exact) mass is 264 g/mol. The average Bonchev–Trinajstić information content (AvgIpc) is 2.98. The summed E-state index contributed by atoms with van der Waals surface area (Å²) >= 11 is 0. The number of hydrazine groups is 1. The molecule has 0 aromatic carbocycles. The van der Waals surface area contributed by atoms with E-state index in [1.807, 2.05) is 0 Å². The summed E-state index contributed by atoms with van der Waals surface area (Å²) in [5.41, 5.74) is 4.75. The summed E-state index contributed by atoms with van der Waals surface area (Å²) in [6.07, 6.45) is 9.12. The lowest BCUT2D eigenvalue weighted by Gasteiger charge is -2.20. The molecular formula is C14H20N2O3. The number of rotatable bonds is 4. The highest BCUT2D eigenvalue weighted by Crippen LogP contribution is 2.27. The third-order valence-electron chi connectivity index (χ3n) is 3.56. The Labute approximate surface area is 112 Å². The zero-order valence-corrected chi connectivity index (χ0v) is 11.0. The molecule has 1 aromatic heterocycles. The summed E-state index contributed by atoms with van der Waals surface area (Å²) in [4.78, 5) is 23.1. The van der Waals surface area contributed by atoms with Crippen LogP contribution in [0.4, 0.5) is 0 Å². The van der Waals surface area contributed by atoms with Gasteiger partial charge in [0.05, 0.1) is 6.26 Å². The van der Waals surface area contributed by atoms with Crippen LogP contribution in [0.5, 0.6) is 0 Å². The summed E-state index contributed by atoms with van der Waals surface area (Å²) < 4.78 is 4.92. The van der Waals surface area contributed by atoms with Gasteiger partial charge < -0.3 is 4.42 Å². The Balaban J connectivity index is 1.63. The van der Waals surface area contributed by atoms with E-state index in [2.05, 4.69) is 10.9 Å². The summed E-state index contributed by atoms with van der Waals surface area (Å²) in [6, 6.07) is 3.17. The Bertz CT molecular complexity index is 408. The minimum atomic E-state index is -0.434. The first-order valence-electron chi connectivity index (χ1n) is 6.88. The van der Waals surface area contributed by atoms with Gasteiger partial charge in [0.1, 0.15) is 0 Å². The molecule has 0 saturated heterocycles. The highest BCUT2D eigenvalue weighted by atomic mass is 16.3. The van der Waals surface area contributed by atoms with Crippen LogP contribution in [-0.4, -0.2) is 11.8 Å². The second-order valence-corrected chi connectivity index (χ2v) is 5.02. The van der Waals surface area contributed by atoms with Crippen molar-refractivity contribution in [1.82, 2.24) is 10.9 Å². The van der Waals surface area contributed by atoms with Crippen molar-refractivity contribution in [2.75, 3.05) is 0 Å². The molecule has 2 rings (SSSR count). The van der Waals surface area contributed by atoms with E-state index in [1.165, 1.54) is 38.4 Å². The van der Waals surface area contributed by atoms with Crippen LogP contribution < -0.4 is 10.9 Å². The summed E-state index contributed by atoms with van der Waals surface area (Å²) in [5, 5.41) is 0. The van der Waals surface area contributed by atoms with E-state index in [1.54, 1.807) is 12.1 Å². The van der Waals surface area contributed by atoms with E-state index in [0.717, 1.165) is 6.42 Å². The van der Waals surface area contributed by atoms with E-state index < -0.39 is 5.91 Å². The van der Waals surface area contributed by atoms with E-state index in [4.69, 9.17) is 4.42 Å². The maximum atomic E-state index is 11.6. The van der Waals surface area contributed by atoms with E-state index in [0.29, 0.717) is 12.3 Å². The van der Waals surface area contributed by atoms with Crippen LogP contribution in [0, 0.1) is 5.92 Å². The SMILES string of the molecule is O=C(CCC1CCCCC1)NNC(=O)c1ccco1. The molecule has 1 heterocycles. The quantitative estimate of drug-likeness (QED) is 0.820. The fourth-order valence-corrected chi connectivity index (χ4v) is 2.47. The largest absolute Gasteiger partial charge is 0.459 e. The lowest BCUT2D eigenvalue weighted by molar-refractivity contribution is -0.122. The van der Waals surface area contributed by atoms with Crippen LogP contribution in [0.25, 0.3) is 0 Å². The van der Waals surface area contributed by atoms with Gasteiger partial charge in [-0.15, -0.1) is 0 Å². The van der Waals surface area contributed by atoms with Crippen molar-refractivity contribution < 1.29 is 14.0 Å². The molecule has 5 nitrogen and oxygen atoms in total. The van der Waals surface area contributed by atoms with Gasteiger partial charge in [0.2, 0.25) is 5.91 Å². The number of carbonyl (C=O) groups excluding carboxylic acids is 2. The summed E-state index contributed by atoms with van der Waals surface area (Å²) in [7, 11) is 0. The maximum absolute atomic E-state index is 11.6. The molecule has 0 bridgehead atoms. The number of amides is 2. The predicted octanol–water partition coefficient (Wildman–Crippen LogP) is 2.40. The van der Waals surface area contributed by atoms with Crippen molar-refractivity contribution in [3.8, 4) is 0 Å². The minimum absolute atomic E-state index is 0.148. The van der Waals surface area contributed by atoms with E-state index in [9.17, 15) is 9.59 Å². The average molecular weight is 264 g/mol. The molecule has 0 aliphatic heterocycles. The number of carbonyl (C=O) groups is 2. The Morgan fingerprint density at radius 3 is 2.68 bits per heavy atom. The first-order valence-corrected chi connectivity index (χ1v) is 6.88. The Kier molecular flexibility index (Phi) is 5.01. The standard InChI is InChI=1S/C14H20N2O3/c17-13(9-8-11-5-2-1-3-6-11)15-16-14(18)12-7-4-10-19-12/h4,7,10-11H,1-3,5-6,8-9H2,(H,15,17)(H,16,18). The molecule has 104 valence electrons. The molecular weight excluding hydrogens is 244 g/mol. The predicted molar refractivity (Wildman–Crippen MR) is 70.1 cm³/mol. The van der Waals surface area contributed by atoms with Crippen LogP contribution in [-0.2, 0) is 4.79 Å². The zero-order valence-electron chi connectivity index (χ0n) is 11.0. The van der Waals surface area contributed by atoms with Crippen LogP contribution in [0.3, 0.4) is 0 Å². The number of nitrogens with one attached hydrogen (secondary N) is 2. The zero-order chi connectivity index (χ0) is 13.5. The van der Waals surface area contributed by atoms with Gasteiger partial charge in [0.15, 0.2) is 5.76 Å². The van der Waals surface area contributed by atoms with Crippen molar-refractivity contribution in [2.24, 2.45) is 5.92 Å². The molecule has 2 N–H and O–H groups in total. The molecule has 1 aromatic rings. The molecule has 1 fully saturated rings. The Morgan fingerprint density at radius 1 is 1.21 bits per heavy atom. The lowest BCUT2D eigenvalue weighted by atomic mass is 9.86. The van der Waals surface area contributed by atoms with Gasteiger partial charge in [-0.05, 0) is 24.5 Å². The Morgan fingerprint density at radius 2 is 2.00 bits per heavy atom. The molecule has 1 saturated carbocycles. The molecule has 0 unspecified atom stereocenters. The maximum Gasteiger partial charge on any atom is 0.305 e. The smallest absolute Gasteiger partial charge is 0.305 e. The molecule has 0 spiro atoms. The van der Waals surface area contributed by atoms with E-state index in [-0.39, 0.29) is 11.7 Å². The highest BCUT2D eigenvalue weighted by molar-refractivity contribution is 5.92. The van der Waals surface area contributed by atoms with Crippen molar-refractivity contribution in [1.29, 1.82) is 0 Å². The molecule has 19 heavy (non-hydrogen) atoms. The molecule has 0 atom stereocenters. The third-order valence-corrected chi connectivity index (χ3v) is 3.56. The van der Waals surface area contributed by atoms with Gasteiger partial charge in [0, 0.05) is 6.42 Å². The van der Waals surface area contributed by atoms with Crippen molar-refractivity contribution >= 4 is 11.8 Å². The fraction of sp³-hybridized carbons (Fsp3) is 0.571. The number of hydrogen-bond donors (Lipinski definition) is 2. The molecule has 2 amide bonds. The fourth-order valence-electron chi connectivity index (χ4n) is 2.47. The van der Waals surface area contributed by atoms with Gasteiger partial charge in [-0.1, -0.05) is 32.1 Å². The van der Waals surface area contributed by atoms with Crippen molar-refractivity contribution in [3.05, 3.63) is 24.2 Å². The van der Waals surface area contributed by atoms with Crippen LogP contribution in [0.2, 0.25) is 0 Å². The van der Waals surface area contributed by atoms with Crippen LogP contribution in [0.1, 0.15) is 55.5 Å². The molecule has 1 aliphatic rings. The Hall–Kier alpha value is -1.78. The third kappa shape index (κ3) is 4.43. The van der Waals surface area contributed by atoms with Crippen LogP contribution >= 0.6 is 0 Å². The highest BCUT2D eigenvalue weighted by Gasteiger charge is 2.15. The van der Waals surface area contributed by atoms with E-state index >= 15 is 0 Å². The van der Waals surface area contributed by atoms with Crippen molar-refractivity contribution in [3.63, 3.8) is 0 Å². The minimum Gasteiger partial charge on any atom is -0.459 e. The van der Waals surface area contributed by atoms with Gasteiger partial charge in [0.25, 0.3) is 0 Å². The molecule has 5 heteroatoms. The molecule has 1 aliphatic carbocycles. The normalized spacial score (nSPS) is 16.0. The van der Waals surface area contributed by atoms with Gasteiger partial charge in [-0.25, -0.2) is 0 Å². The van der Waals surface area contributed by atoms with Gasteiger partial charge in [-0.3, -0.25) is 20.4 Å². The van der Waals surface area contributed by atoms with Crippen molar-refractivity contribution in [2.45, 2.75) is 44.9 Å². The van der Waals surface area contributed by atoms with Gasteiger partial charge >= 0.3 is 5.91 Å². The first kappa shape index (κ1) is 13.6. The second kappa shape index (κ2) is 6.97. The summed E-state index contributed by atoms with van der Waals surface area (Å²) in [5.74, 6) is 0.273. The topological polar surface area (TPSA) is 71.3 Å². The van der Waals surface area contributed by atoms with Crippen LogP contribution in [0.15, 0.2) is 22.8 Å².